The molecule has 2 nitrogen and oxygen atoms in total. The third-order valence-corrected chi connectivity index (χ3v) is 6.09. The summed E-state index contributed by atoms with van der Waals surface area (Å²) in [6.45, 7) is 8.18. The van der Waals surface area contributed by atoms with Crippen LogP contribution in [0.3, 0.4) is 0 Å². The zero-order chi connectivity index (χ0) is 16.4. The fourth-order valence-electron chi connectivity index (χ4n) is 4.80. The summed E-state index contributed by atoms with van der Waals surface area (Å²) in [4.78, 5) is 5.38. The molecular formula is C22H28N2. The first-order chi connectivity index (χ1) is 11.8. The standard InChI is InChI=1S/C22H28N2/c1-2-24-15-12-20-10-6-7-11-21(20)22(24)13-16-23(17-14-22)18-19-8-4-3-5-9-19/h3-11H,2,12-18H2,1H3. The van der Waals surface area contributed by atoms with Crippen LogP contribution in [0.1, 0.15) is 36.5 Å². The highest BCUT2D eigenvalue weighted by Crippen LogP contribution is 2.43. The molecule has 1 saturated heterocycles. The van der Waals surface area contributed by atoms with Gasteiger partial charge in [-0.3, -0.25) is 9.80 Å². The van der Waals surface area contributed by atoms with E-state index in [1.807, 2.05) is 0 Å². The molecule has 2 aliphatic rings. The van der Waals surface area contributed by atoms with Crippen molar-refractivity contribution < 1.29 is 0 Å². The van der Waals surface area contributed by atoms with Crippen LogP contribution in [0, 0.1) is 0 Å². The van der Waals surface area contributed by atoms with Crippen LogP contribution in [-0.4, -0.2) is 36.0 Å². The molecule has 0 amide bonds. The molecule has 0 aromatic heterocycles. The summed E-state index contributed by atoms with van der Waals surface area (Å²) in [6, 6.07) is 20.1. The molecule has 0 atom stereocenters. The molecule has 2 aliphatic heterocycles. The fourth-order valence-corrected chi connectivity index (χ4v) is 4.80. The van der Waals surface area contributed by atoms with Gasteiger partial charge in [0, 0.05) is 31.7 Å². The van der Waals surface area contributed by atoms with Crippen molar-refractivity contribution in [3.05, 3.63) is 71.3 Å². The van der Waals surface area contributed by atoms with Gasteiger partial charge in [-0.05, 0) is 42.5 Å². The number of rotatable bonds is 3. The van der Waals surface area contributed by atoms with Crippen molar-refractivity contribution in [3.8, 4) is 0 Å². The van der Waals surface area contributed by atoms with Crippen LogP contribution in [0.4, 0.5) is 0 Å². The van der Waals surface area contributed by atoms with Gasteiger partial charge in [0.25, 0.3) is 0 Å². The molecule has 0 radical (unpaired) electrons. The Balaban J connectivity index is 1.54. The molecule has 2 heterocycles. The summed E-state index contributed by atoms with van der Waals surface area (Å²) in [5.41, 5.74) is 4.90. The zero-order valence-electron chi connectivity index (χ0n) is 14.7. The average molecular weight is 320 g/mol. The lowest BCUT2D eigenvalue weighted by atomic mass is 9.74. The van der Waals surface area contributed by atoms with E-state index in [4.69, 9.17) is 0 Å². The lowest BCUT2D eigenvalue weighted by molar-refractivity contribution is 0.0104. The maximum absolute atomic E-state index is 2.75. The number of hydrogen-bond acceptors (Lipinski definition) is 2. The minimum absolute atomic E-state index is 0.275. The monoisotopic (exact) mass is 320 g/mol. The van der Waals surface area contributed by atoms with Gasteiger partial charge in [0.2, 0.25) is 0 Å². The Labute approximate surface area is 146 Å². The fraction of sp³-hybridized carbons (Fsp3) is 0.455. The number of piperidine rings is 1. The summed E-state index contributed by atoms with van der Waals surface area (Å²) < 4.78 is 0. The smallest absolute Gasteiger partial charge is 0.0487 e. The summed E-state index contributed by atoms with van der Waals surface area (Å²) in [6.07, 6.45) is 3.72. The Morgan fingerprint density at radius 3 is 2.33 bits per heavy atom. The quantitative estimate of drug-likeness (QED) is 0.841. The predicted molar refractivity (Wildman–Crippen MR) is 100 cm³/mol. The highest BCUT2D eigenvalue weighted by atomic mass is 15.2. The molecule has 4 rings (SSSR count). The molecular weight excluding hydrogens is 292 g/mol. The molecule has 2 aromatic carbocycles. The highest BCUT2D eigenvalue weighted by molar-refractivity contribution is 5.37. The van der Waals surface area contributed by atoms with E-state index in [1.165, 1.54) is 44.5 Å². The van der Waals surface area contributed by atoms with E-state index in [1.54, 1.807) is 11.1 Å². The number of nitrogens with zero attached hydrogens (tertiary/aromatic N) is 2. The van der Waals surface area contributed by atoms with Crippen LogP contribution in [0.5, 0.6) is 0 Å². The van der Waals surface area contributed by atoms with Gasteiger partial charge in [0.15, 0.2) is 0 Å². The van der Waals surface area contributed by atoms with Crippen LogP contribution < -0.4 is 0 Å². The topological polar surface area (TPSA) is 6.48 Å². The Kier molecular flexibility index (Phi) is 4.43. The third-order valence-electron chi connectivity index (χ3n) is 6.09. The lowest BCUT2D eigenvalue weighted by Gasteiger charge is -2.52. The second-order valence-electron chi connectivity index (χ2n) is 7.28. The molecule has 0 unspecified atom stereocenters. The molecule has 0 bridgehead atoms. The molecule has 2 heteroatoms. The van der Waals surface area contributed by atoms with E-state index in [9.17, 15) is 0 Å². The van der Waals surface area contributed by atoms with E-state index in [0.29, 0.717) is 0 Å². The van der Waals surface area contributed by atoms with Gasteiger partial charge in [0.05, 0.1) is 0 Å². The van der Waals surface area contributed by atoms with Gasteiger partial charge in [-0.25, -0.2) is 0 Å². The van der Waals surface area contributed by atoms with Crippen LogP contribution >= 0.6 is 0 Å². The van der Waals surface area contributed by atoms with Crippen molar-refractivity contribution in [1.82, 2.24) is 9.80 Å². The van der Waals surface area contributed by atoms with Crippen LogP contribution in [-0.2, 0) is 18.5 Å². The van der Waals surface area contributed by atoms with Crippen molar-refractivity contribution >= 4 is 0 Å². The van der Waals surface area contributed by atoms with Gasteiger partial charge in [-0.1, -0.05) is 61.5 Å². The van der Waals surface area contributed by atoms with E-state index in [-0.39, 0.29) is 5.54 Å². The summed E-state index contributed by atoms with van der Waals surface area (Å²) >= 11 is 0. The van der Waals surface area contributed by atoms with Gasteiger partial charge < -0.3 is 0 Å². The SMILES string of the molecule is CCN1CCc2ccccc2C12CCN(Cc1ccccc1)CC2. The zero-order valence-corrected chi connectivity index (χ0v) is 14.7. The normalized spacial score (nSPS) is 20.9. The Morgan fingerprint density at radius 1 is 0.875 bits per heavy atom. The van der Waals surface area contributed by atoms with Crippen molar-refractivity contribution in [1.29, 1.82) is 0 Å². The summed E-state index contributed by atoms with van der Waals surface area (Å²) in [7, 11) is 0. The molecule has 24 heavy (non-hydrogen) atoms. The second kappa shape index (κ2) is 6.70. The Morgan fingerprint density at radius 2 is 1.58 bits per heavy atom. The third kappa shape index (κ3) is 2.78. The van der Waals surface area contributed by atoms with Gasteiger partial charge in [0.1, 0.15) is 0 Å². The molecule has 1 spiro atoms. The van der Waals surface area contributed by atoms with E-state index < -0.39 is 0 Å². The maximum Gasteiger partial charge on any atom is 0.0487 e. The summed E-state index contributed by atoms with van der Waals surface area (Å²) in [5.74, 6) is 0. The number of likely N-dealkylation sites (tertiary alicyclic amines) is 1. The van der Waals surface area contributed by atoms with Crippen molar-refractivity contribution in [3.63, 3.8) is 0 Å². The maximum atomic E-state index is 2.75. The minimum atomic E-state index is 0.275. The Bertz CT molecular complexity index is 671. The van der Waals surface area contributed by atoms with Crippen molar-refractivity contribution in [2.75, 3.05) is 26.2 Å². The first kappa shape index (κ1) is 15.9. The number of benzene rings is 2. The molecule has 126 valence electrons. The lowest BCUT2D eigenvalue weighted by Crippen LogP contribution is -2.55. The van der Waals surface area contributed by atoms with Crippen LogP contribution in [0.15, 0.2) is 54.6 Å². The van der Waals surface area contributed by atoms with Gasteiger partial charge >= 0.3 is 0 Å². The number of fused-ring (bicyclic) bond motifs is 2. The number of hydrogen-bond donors (Lipinski definition) is 0. The van der Waals surface area contributed by atoms with Crippen LogP contribution in [0.25, 0.3) is 0 Å². The van der Waals surface area contributed by atoms with Crippen LogP contribution in [0.2, 0.25) is 0 Å². The minimum Gasteiger partial charge on any atom is -0.299 e. The molecule has 0 N–H and O–H groups in total. The predicted octanol–water partition coefficient (Wildman–Crippen LogP) is 4.06. The van der Waals surface area contributed by atoms with Gasteiger partial charge in [-0.2, -0.15) is 0 Å². The Hall–Kier alpha value is -1.64. The molecule has 0 aliphatic carbocycles. The first-order valence-corrected chi connectivity index (χ1v) is 9.41. The first-order valence-electron chi connectivity index (χ1n) is 9.41. The molecule has 2 aromatic rings. The highest BCUT2D eigenvalue weighted by Gasteiger charge is 2.43. The molecule has 0 saturated carbocycles. The van der Waals surface area contributed by atoms with Crippen molar-refractivity contribution in [2.45, 2.75) is 38.3 Å². The number of likely N-dealkylation sites (N-methyl/N-ethyl adjacent to an activating group) is 1. The van der Waals surface area contributed by atoms with Gasteiger partial charge in [-0.15, -0.1) is 0 Å². The average Bonchev–Trinajstić information content (AvgIpc) is 2.65. The molecule has 1 fully saturated rings. The van der Waals surface area contributed by atoms with E-state index in [0.717, 1.165) is 13.1 Å². The van der Waals surface area contributed by atoms with Crippen molar-refractivity contribution in [2.24, 2.45) is 0 Å². The largest absolute Gasteiger partial charge is 0.299 e. The van der Waals surface area contributed by atoms with E-state index in [2.05, 4.69) is 71.3 Å². The summed E-state index contributed by atoms with van der Waals surface area (Å²) in [5, 5.41) is 0. The second-order valence-corrected chi connectivity index (χ2v) is 7.28. The van der Waals surface area contributed by atoms with E-state index >= 15 is 0 Å².